The Hall–Kier alpha value is -2.24. The maximum atomic E-state index is 13.0. The topological polar surface area (TPSA) is 58.6 Å². The minimum Gasteiger partial charge on any atom is -0.482 e. The molecule has 2 aromatic rings. The molecule has 0 radical (unpaired) electrons. The predicted molar refractivity (Wildman–Crippen MR) is 112 cm³/mol. The average molecular weight is 423 g/mol. The molecule has 0 aliphatic rings. The zero-order valence-corrected chi connectivity index (χ0v) is 17.5. The van der Waals surface area contributed by atoms with Crippen LogP contribution in [0.15, 0.2) is 48.5 Å². The third-order valence-electron chi connectivity index (χ3n) is 4.19. The minimum atomic E-state index is -0.599. The number of carbonyl (C=O) groups excluding carboxylic acids is 2. The summed E-state index contributed by atoms with van der Waals surface area (Å²) in [6.07, 6.45) is 0.483. The second-order valence-corrected chi connectivity index (χ2v) is 7.03. The fraction of sp³-hybridized carbons (Fsp3) is 0.333. The summed E-state index contributed by atoms with van der Waals surface area (Å²) < 4.78 is 5.59. The third-order valence-corrected chi connectivity index (χ3v) is 4.76. The second-order valence-electron chi connectivity index (χ2n) is 6.19. The average Bonchev–Trinajstić information content (AvgIpc) is 2.68. The van der Waals surface area contributed by atoms with Crippen molar-refractivity contribution >= 4 is 35.0 Å². The highest BCUT2D eigenvalue weighted by molar-refractivity contribution is 6.32. The second kappa shape index (κ2) is 10.9. The summed E-state index contributed by atoms with van der Waals surface area (Å²) in [6, 6.07) is 13.5. The number of rotatable bonds is 9. The van der Waals surface area contributed by atoms with Crippen molar-refractivity contribution in [3.8, 4) is 5.75 Å². The summed E-state index contributed by atoms with van der Waals surface area (Å²) in [6.45, 7) is 4.27. The van der Waals surface area contributed by atoms with Crippen LogP contribution in [-0.2, 0) is 16.1 Å². The van der Waals surface area contributed by atoms with Gasteiger partial charge in [0, 0.05) is 18.1 Å². The van der Waals surface area contributed by atoms with Crippen molar-refractivity contribution in [3.05, 3.63) is 64.1 Å². The van der Waals surface area contributed by atoms with E-state index >= 15 is 0 Å². The van der Waals surface area contributed by atoms with Gasteiger partial charge < -0.3 is 15.0 Å². The number of amides is 2. The molecule has 0 saturated carbocycles. The first-order valence-electron chi connectivity index (χ1n) is 9.15. The van der Waals surface area contributed by atoms with Crippen molar-refractivity contribution in [1.82, 2.24) is 10.2 Å². The largest absolute Gasteiger partial charge is 0.482 e. The van der Waals surface area contributed by atoms with E-state index in [1.54, 1.807) is 36.4 Å². The molecule has 5 nitrogen and oxygen atoms in total. The van der Waals surface area contributed by atoms with Gasteiger partial charge in [0.15, 0.2) is 6.61 Å². The van der Waals surface area contributed by atoms with E-state index in [0.717, 1.165) is 5.56 Å². The van der Waals surface area contributed by atoms with Crippen molar-refractivity contribution in [1.29, 1.82) is 0 Å². The lowest BCUT2D eigenvalue weighted by Gasteiger charge is -2.30. The number of ether oxygens (including phenoxy) is 1. The summed E-state index contributed by atoms with van der Waals surface area (Å²) in [4.78, 5) is 27.0. The fourth-order valence-corrected chi connectivity index (χ4v) is 3.10. The molecule has 150 valence electrons. The molecule has 0 aliphatic heterocycles. The van der Waals surface area contributed by atoms with Crippen molar-refractivity contribution in [2.75, 3.05) is 13.2 Å². The molecule has 28 heavy (non-hydrogen) atoms. The Morgan fingerprint density at radius 2 is 1.75 bits per heavy atom. The minimum absolute atomic E-state index is 0.190. The predicted octanol–water partition coefficient (Wildman–Crippen LogP) is 4.32. The smallest absolute Gasteiger partial charge is 0.261 e. The molecule has 0 fully saturated rings. The molecule has 0 heterocycles. The van der Waals surface area contributed by atoms with E-state index in [1.807, 2.05) is 26.0 Å². The first-order chi connectivity index (χ1) is 13.5. The number of benzene rings is 2. The molecule has 7 heteroatoms. The number of hydrogen-bond acceptors (Lipinski definition) is 3. The maximum Gasteiger partial charge on any atom is 0.261 e. The number of nitrogens with zero attached hydrogens (tertiary/aromatic N) is 1. The summed E-state index contributed by atoms with van der Waals surface area (Å²) in [7, 11) is 0. The van der Waals surface area contributed by atoms with E-state index in [-0.39, 0.29) is 25.0 Å². The van der Waals surface area contributed by atoms with Gasteiger partial charge in [-0.05, 0) is 43.2 Å². The molecule has 2 aromatic carbocycles. The van der Waals surface area contributed by atoms with Gasteiger partial charge in [-0.2, -0.15) is 0 Å². The van der Waals surface area contributed by atoms with Crippen LogP contribution in [0.1, 0.15) is 25.8 Å². The highest BCUT2D eigenvalue weighted by Gasteiger charge is 2.28. The van der Waals surface area contributed by atoms with Crippen LogP contribution < -0.4 is 10.1 Å². The van der Waals surface area contributed by atoms with Gasteiger partial charge in [-0.25, -0.2) is 0 Å². The Labute approximate surface area is 175 Å². The number of nitrogens with one attached hydrogen (secondary N) is 1. The van der Waals surface area contributed by atoms with Crippen LogP contribution in [0.25, 0.3) is 0 Å². The molecule has 0 bridgehead atoms. The van der Waals surface area contributed by atoms with Gasteiger partial charge in [0.2, 0.25) is 5.91 Å². The van der Waals surface area contributed by atoms with Crippen LogP contribution in [-0.4, -0.2) is 35.9 Å². The number of hydrogen-bond donors (Lipinski definition) is 1. The molecular weight excluding hydrogens is 399 g/mol. The first kappa shape index (κ1) is 22.1. The Bertz CT molecular complexity index is 796. The van der Waals surface area contributed by atoms with Crippen LogP contribution in [0.4, 0.5) is 0 Å². The van der Waals surface area contributed by atoms with Gasteiger partial charge in [0.1, 0.15) is 11.8 Å². The van der Waals surface area contributed by atoms with Gasteiger partial charge in [0.05, 0.1) is 5.02 Å². The fourth-order valence-electron chi connectivity index (χ4n) is 2.78. The van der Waals surface area contributed by atoms with Crippen LogP contribution in [0.5, 0.6) is 5.75 Å². The lowest BCUT2D eigenvalue weighted by Crippen LogP contribution is -2.50. The number of para-hydroxylation sites is 1. The van der Waals surface area contributed by atoms with E-state index in [1.165, 1.54) is 4.90 Å². The Balaban J connectivity index is 2.19. The summed E-state index contributed by atoms with van der Waals surface area (Å²) >= 11 is 12.0. The first-order valence-corrected chi connectivity index (χ1v) is 9.90. The van der Waals surface area contributed by atoms with E-state index in [2.05, 4.69) is 5.32 Å². The third kappa shape index (κ3) is 6.14. The van der Waals surface area contributed by atoms with Gasteiger partial charge in [-0.1, -0.05) is 54.4 Å². The highest BCUT2D eigenvalue weighted by Crippen LogP contribution is 2.23. The number of likely N-dealkylation sites (N-methyl/N-ethyl adjacent to an activating group) is 1. The quantitative estimate of drug-likeness (QED) is 0.654. The van der Waals surface area contributed by atoms with Gasteiger partial charge in [0.25, 0.3) is 5.91 Å². The zero-order chi connectivity index (χ0) is 20.5. The Morgan fingerprint density at radius 3 is 2.36 bits per heavy atom. The normalized spacial score (nSPS) is 11.6. The molecule has 0 spiro atoms. The maximum absolute atomic E-state index is 13.0. The van der Waals surface area contributed by atoms with Crippen molar-refractivity contribution in [2.24, 2.45) is 0 Å². The number of carbonyl (C=O) groups is 2. The van der Waals surface area contributed by atoms with Crippen LogP contribution in [0, 0.1) is 0 Å². The Kier molecular flexibility index (Phi) is 8.61. The lowest BCUT2D eigenvalue weighted by atomic mass is 10.1. The molecule has 1 atom stereocenters. The lowest BCUT2D eigenvalue weighted by molar-refractivity contribution is -0.142. The van der Waals surface area contributed by atoms with Crippen LogP contribution >= 0.6 is 23.2 Å². The summed E-state index contributed by atoms with van der Waals surface area (Å²) in [5.41, 5.74) is 0.873. The van der Waals surface area contributed by atoms with E-state index in [4.69, 9.17) is 27.9 Å². The molecule has 2 rings (SSSR count). The zero-order valence-electron chi connectivity index (χ0n) is 16.0. The standard InChI is InChI=1S/C21H24Cl2N2O3/c1-3-18(21(27)24-4-2)25(13-15-9-11-16(22)12-10-15)20(26)14-28-19-8-6-5-7-17(19)23/h5-12,18H,3-4,13-14H2,1-2H3,(H,24,27)/t18-/m1/s1. The van der Waals surface area contributed by atoms with Gasteiger partial charge in [-0.3, -0.25) is 9.59 Å². The van der Waals surface area contributed by atoms with E-state index in [9.17, 15) is 9.59 Å². The molecule has 2 amide bonds. The molecular formula is C21H24Cl2N2O3. The van der Waals surface area contributed by atoms with Gasteiger partial charge in [-0.15, -0.1) is 0 Å². The van der Waals surface area contributed by atoms with Crippen molar-refractivity contribution in [3.63, 3.8) is 0 Å². The monoisotopic (exact) mass is 422 g/mol. The summed E-state index contributed by atoms with van der Waals surface area (Å²) in [5.74, 6) is -0.0620. The molecule has 0 saturated heterocycles. The van der Waals surface area contributed by atoms with Crippen molar-refractivity contribution < 1.29 is 14.3 Å². The SMILES string of the molecule is CCNC(=O)[C@@H](CC)N(Cc1ccc(Cl)cc1)C(=O)COc1ccccc1Cl. The van der Waals surface area contributed by atoms with Gasteiger partial charge >= 0.3 is 0 Å². The van der Waals surface area contributed by atoms with Crippen molar-refractivity contribution in [2.45, 2.75) is 32.9 Å². The van der Waals surface area contributed by atoms with Crippen LogP contribution in [0.2, 0.25) is 10.0 Å². The number of halogens is 2. The molecule has 1 N–H and O–H groups in total. The Morgan fingerprint density at radius 1 is 1.07 bits per heavy atom. The van der Waals surface area contributed by atoms with Crippen LogP contribution in [0.3, 0.4) is 0 Å². The molecule has 0 unspecified atom stereocenters. The molecule has 0 aromatic heterocycles. The molecule has 0 aliphatic carbocycles. The summed E-state index contributed by atoms with van der Waals surface area (Å²) in [5, 5.41) is 3.83. The van der Waals surface area contributed by atoms with E-state index < -0.39 is 6.04 Å². The van der Waals surface area contributed by atoms with E-state index in [0.29, 0.717) is 28.8 Å². The highest BCUT2D eigenvalue weighted by atomic mass is 35.5.